The summed E-state index contributed by atoms with van der Waals surface area (Å²) in [5, 5.41) is 0. The number of aromatic amines is 1. The third-order valence-corrected chi connectivity index (χ3v) is 4.39. The number of halogens is 1. The Bertz CT molecular complexity index is 822. The highest BCUT2D eigenvalue weighted by Crippen LogP contribution is 2.27. The highest BCUT2D eigenvalue weighted by Gasteiger charge is 2.11. The van der Waals surface area contributed by atoms with E-state index >= 15 is 0 Å². The van der Waals surface area contributed by atoms with E-state index in [0.717, 1.165) is 26.9 Å². The van der Waals surface area contributed by atoms with E-state index in [1.807, 2.05) is 28.8 Å². The molecule has 0 saturated carbocycles. The predicted molar refractivity (Wildman–Crippen MR) is 92.7 cm³/mol. The number of benzene rings is 2. The molecule has 1 heterocycles. The Morgan fingerprint density at radius 2 is 2.05 bits per heavy atom. The summed E-state index contributed by atoms with van der Waals surface area (Å²) in [7, 11) is 1.67. The maximum absolute atomic E-state index is 5.47. The molecule has 0 unspecified atom stereocenters. The zero-order valence-electron chi connectivity index (χ0n) is 10.9. The average molecular weight is 396 g/mol. The molecular formula is C15H13IN2OS. The van der Waals surface area contributed by atoms with Crippen LogP contribution in [0.2, 0.25) is 0 Å². The van der Waals surface area contributed by atoms with Gasteiger partial charge < -0.3 is 9.72 Å². The summed E-state index contributed by atoms with van der Waals surface area (Å²) < 4.78 is 9.12. The van der Waals surface area contributed by atoms with Crippen molar-refractivity contribution in [2.75, 3.05) is 7.11 Å². The van der Waals surface area contributed by atoms with Gasteiger partial charge in [-0.15, -0.1) is 0 Å². The number of methoxy groups -OCH3 is 1. The topological polar surface area (TPSA) is 29.9 Å². The molecule has 0 fully saturated rings. The van der Waals surface area contributed by atoms with E-state index in [4.69, 9.17) is 17.0 Å². The van der Waals surface area contributed by atoms with E-state index < -0.39 is 0 Å². The first-order valence-corrected chi connectivity index (χ1v) is 8.11. The first kappa shape index (κ1) is 13.6. The molecule has 0 aliphatic heterocycles. The molecule has 0 atom stereocenters. The molecule has 1 N–H and O–H groups in total. The summed E-state index contributed by atoms with van der Waals surface area (Å²) in [5.74, 6) is 0.810. The molecule has 0 radical (unpaired) electrons. The second-order valence-electron chi connectivity index (χ2n) is 4.42. The second kappa shape index (κ2) is 5.57. The predicted octanol–water partition coefficient (Wildman–Crippen LogP) is 4.63. The van der Waals surface area contributed by atoms with Crippen molar-refractivity contribution >= 4 is 45.8 Å². The van der Waals surface area contributed by atoms with E-state index in [0.29, 0.717) is 4.77 Å². The van der Waals surface area contributed by atoms with Crippen LogP contribution in [0.3, 0.4) is 0 Å². The number of fused-ring (bicyclic) bond motifs is 1. The fourth-order valence-corrected chi connectivity index (χ4v) is 3.07. The number of hydrogen-bond donors (Lipinski definition) is 1. The Morgan fingerprint density at radius 1 is 1.25 bits per heavy atom. The normalized spacial score (nSPS) is 10.9. The fourth-order valence-electron chi connectivity index (χ4n) is 2.29. The van der Waals surface area contributed by atoms with Crippen LogP contribution >= 0.6 is 34.8 Å². The van der Waals surface area contributed by atoms with E-state index in [1.54, 1.807) is 7.11 Å². The van der Waals surface area contributed by atoms with Crippen LogP contribution in [-0.4, -0.2) is 16.7 Å². The maximum atomic E-state index is 5.47. The number of nitrogens with zero attached hydrogens (tertiary/aromatic N) is 1. The number of hydrogen-bond acceptors (Lipinski definition) is 2. The Labute approximate surface area is 135 Å². The van der Waals surface area contributed by atoms with Crippen molar-refractivity contribution in [3.63, 3.8) is 0 Å². The highest BCUT2D eigenvalue weighted by molar-refractivity contribution is 14.1. The summed E-state index contributed by atoms with van der Waals surface area (Å²) in [6.45, 7) is 0. The zero-order chi connectivity index (χ0) is 14.1. The van der Waals surface area contributed by atoms with Gasteiger partial charge in [-0.2, -0.15) is 0 Å². The number of rotatable bonds is 3. The Morgan fingerprint density at radius 3 is 2.80 bits per heavy atom. The summed E-state index contributed by atoms with van der Waals surface area (Å²) in [6, 6.07) is 14.3. The van der Waals surface area contributed by atoms with Gasteiger partial charge in [0.25, 0.3) is 0 Å². The van der Waals surface area contributed by atoms with Gasteiger partial charge >= 0.3 is 0 Å². The van der Waals surface area contributed by atoms with Crippen LogP contribution in [0.15, 0.2) is 42.5 Å². The van der Waals surface area contributed by atoms with Crippen LogP contribution in [0, 0.1) is 4.77 Å². The molecule has 3 aromatic rings. The van der Waals surface area contributed by atoms with Crippen molar-refractivity contribution in [2.45, 2.75) is 4.43 Å². The largest absolute Gasteiger partial charge is 0.495 e. The van der Waals surface area contributed by atoms with Gasteiger partial charge in [-0.25, -0.2) is 0 Å². The Kier molecular flexibility index (Phi) is 3.80. The van der Waals surface area contributed by atoms with Crippen molar-refractivity contribution in [1.29, 1.82) is 0 Å². The van der Waals surface area contributed by atoms with Crippen molar-refractivity contribution in [1.82, 2.24) is 9.55 Å². The van der Waals surface area contributed by atoms with Gasteiger partial charge in [0, 0.05) is 4.43 Å². The number of para-hydroxylation sites is 2. The van der Waals surface area contributed by atoms with Gasteiger partial charge in [-0.05, 0) is 42.0 Å². The Hall–Kier alpha value is -1.34. The average Bonchev–Trinajstić information content (AvgIpc) is 2.81. The number of aromatic nitrogens is 2. The SMILES string of the molecule is COc1ccccc1-n1c(=S)[nH]c2ccc(CI)cc21. The van der Waals surface area contributed by atoms with E-state index in [9.17, 15) is 0 Å². The molecule has 20 heavy (non-hydrogen) atoms. The standard InChI is InChI=1S/C15H13IN2OS/c1-19-14-5-3-2-4-12(14)18-13-8-10(9-16)6-7-11(13)17-15(18)20/h2-8H,9H2,1H3,(H,17,20). The molecule has 0 bridgehead atoms. The number of H-pyrrole nitrogens is 1. The first-order valence-electron chi connectivity index (χ1n) is 6.17. The van der Waals surface area contributed by atoms with Gasteiger partial charge in [-0.3, -0.25) is 4.57 Å². The third-order valence-electron chi connectivity index (χ3n) is 3.23. The van der Waals surface area contributed by atoms with Crippen molar-refractivity contribution in [3.05, 3.63) is 52.8 Å². The fraction of sp³-hybridized carbons (Fsp3) is 0.133. The molecular weight excluding hydrogens is 383 g/mol. The van der Waals surface area contributed by atoms with Crippen molar-refractivity contribution in [2.24, 2.45) is 0 Å². The molecule has 3 nitrogen and oxygen atoms in total. The maximum Gasteiger partial charge on any atom is 0.182 e. The van der Waals surface area contributed by atoms with E-state index in [2.05, 4.69) is 45.8 Å². The van der Waals surface area contributed by atoms with Crippen LogP contribution in [0.25, 0.3) is 16.7 Å². The number of imidazole rings is 1. The van der Waals surface area contributed by atoms with Crippen molar-refractivity contribution in [3.8, 4) is 11.4 Å². The zero-order valence-corrected chi connectivity index (χ0v) is 13.9. The lowest BCUT2D eigenvalue weighted by Gasteiger charge is -2.10. The van der Waals surface area contributed by atoms with Crippen LogP contribution in [-0.2, 0) is 4.43 Å². The minimum absolute atomic E-state index is 0.676. The van der Waals surface area contributed by atoms with Crippen LogP contribution in [0.1, 0.15) is 5.56 Å². The highest BCUT2D eigenvalue weighted by atomic mass is 127. The summed E-state index contributed by atoms with van der Waals surface area (Å²) in [5.41, 5.74) is 4.34. The molecule has 0 saturated heterocycles. The van der Waals surface area contributed by atoms with E-state index in [1.165, 1.54) is 5.56 Å². The van der Waals surface area contributed by atoms with E-state index in [-0.39, 0.29) is 0 Å². The number of alkyl halides is 1. The van der Waals surface area contributed by atoms with Gasteiger partial charge in [-0.1, -0.05) is 40.8 Å². The monoisotopic (exact) mass is 396 g/mol. The Balaban J connectivity index is 2.35. The molecule has 1 aromatic heterocycles. The molecule has 0 amide bonds. The number of nitrogens with one attached hydrogen (secondary N) is 1. The molecule has 102 valence electrons. The van der Waals surface area contributed by atoms with Gasteiger partial charge in [0.1, 0.15) is 5.75 Å². The van der Waals surface area contributed by atoms with Crippen molar-refractivity contribution < 1.29 is 4.74 Å². The second-order valence-corrected chi connectivity index (χ2v) is 5.57. The molecule has 2 aromatic carbocycles. The quantitative estimate of drug-likeness (QED) is 0.398. The van der Waals surface area contributed by atoms with Gasteiger partial charge in [0.2, 0.25) is 0 Å². The molecule has 3 rings (SSSR count). The van der Waals surface area contributed by atoms with Crippen LogP contribution in [0.5, 0.6) is 5.75 Å². The summed E-state index contributed by atoms with van der Waals surface area (Å²) >= 11 is 7.84. The summed E-state index contributed by atoms with van der Waals surface area (Å²) in [4.78, 5) is 3.25. The minimum atomic E-state index is 0.676. The third kappa shape index (κ3) is 2.25. The summed E-state index contributed by atoms with van der Waals surface area (Å²) in [6.07, 6.45) is 0. The molecule has 0 spiro atoms. The van der Waals surface area contributed by atoms with Gasteiger partial charge in [0.15, 0.2) is 4.77 Å². The molecule has 0 aliphatic carbocycles. The van der Waals surface area contributed by atoms with Crippen LogP contribution in [0.4, 0.5) is 0 Å². The molecule has 0 aliphatic rings. The lowest BCUT2D eigenvalue weighted by molar-refractivity contribution is 0.413. The lowest BCUT2D eigenvalue weighted by Crippen LogP contribution is -1.98. The smallest absolute Gasteiger partial charge is 0.182 e. The first-order chi connectivity index (χ1) is 9.74. The lowest BCUT2D eigenvalue weighted by atomic mass is 10.2. The van der Waals surface area contributed by atoms with Crippen LogP contribution < -0.4 is 4.74 Å². The number of ether oxygens (including phenoxy) is 1. The minimum Gasteiger partial charge on any atom is -0.495 e. The van der Waals surface area contributed by atoms with Gasteiger partial charge in [0.05, 0.1) is 23.8 Å². The molecule has 5 heteroatoms.